The van der Waals surface area contributed by atoms with Gasteiger partial charge in [0, 0.05) is 6.92 Å². The lowest BCUT2D eigenvalue weighted by Gasteiger charge is -1.94. The monoisotopic (exact) mass is 196 g/mol. The molecule has 1 rings (SSSR count). The van der Waals surface area contributed by atoms with Gasteiger partial charge in [0.1, 0.15) is 0 Å². The molecule has 1 saturated carbocycles. The summed E-state index contributed by atoms with van der Waals surface area (Å²) in [6.07, 6.45) is 7.54. The van der Waals surface area contributed by atoms with Crippen molar-refractivity contribution in [1.82, 2.24) is 0 Å². The van der Waals surface area contributed by atoms with Crippen LogP contribution in [0.2, 0.25) is 0 Å². The lowest BCUT2D eigenvalue weighted by molar-refractivity contribution is -0.135. The molecule has 0 heterocycles. The third kappa shape index (κ3) is 11.0. The van der Waals surface area contributed by atoms with Crippen molar-refractivity contribution >= 4 is 5.97 Å². The molecule has 0 unspecified atom stereocenters. The Morgan fingerprint density at radius 2 is 2.14 bits per heavy atom. The van der Waals surface area contributed by atoms with Gasteiger partial charge in [-0.15, -0.1) is 0 Å². The molecular weight excluding hydrogens is 176 g/mol. The van der Waals surface area contributed by atoms with Crippen molar-refractivity contribution in [1.29, 1.82) is 0 Å². The maximum Gasteiger partial charge on any atom is 0.307 e. The van der Waals surface area contributed by atoms with E-state index in [-0.39, 0.29) is 5.97 Å². The van der Waals surface area contributed by atoms with Crippen LogP contribution in [-0.2, 0) is 9.53 Å². The third-order valence-corrected chi connectivity index (χ3v) is 1.67. The van der Waals surface area contributed by atoms with Crippen molar-refractivity contribution in [2.45, 2.75) is 40.0 Å². The average molecular weight is 196 g/mol. The minimum atomic E-state index is -0.329. The van der Waals surface area contributed by atoms with Crippen LogP contribution in [-0.4, -0.2) is 5.97 Å². The quantitative estimate of drug-likeness (QED) is 0.392. The molecular formula is C12H20O2. The van der Waals surface area contributed by atoms with Gasteiger partial charge in [-0.3, -0.25) is 4.79 Å². The number of rotatable bonds is 3. The van der Waals surface area contributed by atoms with Crippen LogP contribution in [0.15, 0.2) is 24.5 Å². The maximum atomic E-state index is 9.75. The molecule has 0 saturated heterocycles. The average Bonchev–Trinajstić information content (AvgIpc) is 2.84. The molecule has 0 spiro atoms. The van der Waals surface area contributed by atoms with E-state index in [2.05, 4.69) is 31.2 Å². The van der Waals surface area contributed by atoms with Gasteiger partial charge >= 0.3 is 5.97 Å². The minimum absolute atomic E-state index is 0.329. The van der Waals surface area contributed by atoms with Crippen LogP contribution < -0.4 is 0 Å². The van der Waals surface area contributed by atoms with E-state index in [9.17, 15) is 4.79 Å². The molecule has 80 valence electrons. The molecule has 1 aliphatic carbocycles. The molecule has 0 aromatic rings. The van der Waals surface area contributed by atoms with Crippen LogP contribution in [0, 0.1) is 5.92 Å². The van der Waals surface area contributed by atoms with E-state index >= 15 is 0 Å². The molecule has 0 amide bonds. The molecule has 1 aliphatic rings. The van der Waals surface area contributed by atoms with Crippen molar-refractivity contribution in [3.8, 4) is 0 Å². The third-order valence-electron chi connectivity index (χ3n) is 1.67. The summed E-state index contributed by atoms with van der Waals surface area (Å²) in [6, 6.07) is 0. The van der Waals surface area contributed by atoms with Gasteiger partial charge in [0.05, 0.1) is 6.26 Å². The fourth-order valence-electron chi connectivity index (χ4n) is 0.796. The number of allylic oxidation sites excluding steroid dienone is 2. The second kappa shape index (κ2) is 7.36. The first-order valence-electron chi connectivity index (χ1n) is 5.02. The summed E-state index contributed by atoms with van der Waals surface area (Å²) in [5.41, 5.74) is 1.68. The Balaban J connectivity index is 0.000000255. The summed E-state index contributed by atoms with van der Waals surface area (Å²) in [5, 5.41) is 0. The molecule has 0 radical (unpaired) electrons. The van der Waals surface area contributed by atoms with Gasteiger partial charge in [-0.05, 0) is 25.2 Å². The highest BCUT2D eigenvalue weighted by Crippen LogP contribution is 2.28. The van der Waals surface area contributed by atoms with E-state index in [0.29, 0.717) is 0 Å². The van der Waals surface area contributed by atoms with Crippen molar-refractivity contribution in [3.63, 3.8) is 0 Å². The van der Waals surface area contributed by atoms with Crippen molar-refractivity contribution in [2.75, 3.05) is 0 Å². The van der Waals surface area contributed by atoms with Gasteiger partial charge in [-0.2, -0.15) is 0 Å². The van der Waals surface area contributed by atoms with E-state index < -0.39 is 0 Å². The van der Waals surface area contributed by atoms with Crippen LogP contribution >= 0.6 is 0 Å². The largest absolute Gasteiger partial charge is 0.435 e. The summed E-state index contributed by atoms with van der Waals surface area (Å²) < 4.78 is 4.17. The van der Waals surface area contributed by atoms with Crippen molar-refractivity contribution < 1.29 is 9.53 Å². The molecule has 0 aromatic heterocycles. The first-order valence-corrected chi connectivity index (χ1v) is 5.02. The van der Waals surface area contributed by atoms with Crippen LogP contribution in [0.5, 0.6) is 0 Å². The lowest BCUT2D eigenvalue weighted by Crippen LogP contribution is -1.87. The lowest BCUT2D eigenvalue weighted by atomic mass is 10.1. The van der Waals surface area contributed by atoms with Gasteiger partial charge in [-0.25, -0.2) is 0 Å². The smallest absolute Gasteiger partial charge is 0.307 e. The summed E-state index contributed by atoms with van der Waals surface area (Å²) >= 11 is 0. The number of carbonyl (C=O) groups excluding carboxylic acids is 1. The zero-order valence-electron chi connectivity index (χ0n) is 9.38. The Hall–Kier alpha value is -1.05. The van der Waals surface area contributed by atoms with E-state index in [1.807, 2.05) is 0 Å². The summed E-state index contributed by atoms with van der Waals surface area (Å²) in [6.45, 7) is 9.01. The predicted octanol–water partition coefficient (Wildman–Crippen LogP) is 3.45. The normalized spacial score (nSPS) is 12.7. The summed E-state index contributed by atoms with van der Waals surface area (Å²) in [7, 11) is 0. The Bertz CT molecular complexity index is 208. The topological polar surface area (TPSA) is 26.3 Å². The molecule has 2 nitrogen and oxygen atoms in total. The van der Waals surface area contributed by atoms with Gasteiger partial charge in [0.25, 0.3) is 0 Å². The van der Waals surface area contributed by atoms with Crippen LogP contribution in [0.1, 0.15) is 40.0 Å². The molecule has 14 heavy (non-hydrogen) atoms. The van der Waals surface area contributed by atoms with Crippen LogP contribution in [0.3, 0.4) is 0 Å². The van der Waals surface area contributed by atoms with E-state index in [1.165, 1.54) is 26.2 Å². The Labute approximate surface area is 86.6 Å². The zero-order valence-corrected chi connectivity index (χ0v) is 9.38. The fraction of sp³-hybridized carbons (Fsp3) is 0.583. The van der Waals surface area contributed by atoms with Gasteiger partial charge < -0.3 is 4.74 Å². The van der Waals surface area contributed by atoms with Gasteiger partial charge in [-0.1, -0.05) is 32.1 Å². The van der Waals surface area contributed by atoms with E-state index in [4.69, 9.17) is 0 Å². The van der Waals surface area contributed by atoms with Crippen molar-refractivity contribution in [3.05, 3.63) is 24.5 Å². The molecule has 0 atom stereocenters. The maximum absolute atomic E-state index is 9.75. The fourth-order valence-corrected chi connectivity index (χ4v) is 0.796. The number of hydrogen-bond acceptors (Lipinski definition) is 2. The second-order valence-corrected chi connectivity index (χ2v) is 3.77. The number of ether oxygens (including phenoxy) is 1. The standard InChI is InChI=1S/C8H14.C4H6O2/c1-7(2)3-4-8-5-6-8;1-3-6-4(2)5/h4,7H,3,5-6H2,1-2H3;3H,1H2,2H3. The molecule has 2 heteroatoms. The van der Waals surface area contributed by atoms with Gasteiger partial charge in [0.2, 0.25) is 0 Å². The Kier molecular flexibility index (Phi) is 6.81. The molecule has 0 bridgehead atoms. The summed E-state index contributed by atoms with van der Waals surface area (Å²) in [5.74, 6) is 0.521. The Morgan fingerprint density at radius 3 is 2.36 bits per heavy atom. The molecule has 1 fully saturated rings. The molecule has 0 aliphatic heterocycles. The number of esters is 1. The Morgan fingerprint density at radius 1 is 1.57 bits per heavy atom. The minimum Gasteiger partial charge on any atom is -0.435 e. The number of hydrogen-bond donors (Lipinski definition) is 0. The highest BCUT2D eigenvalue weighted by atomic mass is 16.5. The van der Waals surface area contributed by atoms with E-state index in [1.54, 1.807) is 5.57 Å². The van der Waals surface area contributed by atoms with Crippen LogP contribution in [0.25, 0.3) is 0 Å². The predicted molar refractivity (Wildman–Crippen MR) is 58.7 cm³/mol. The van der Waals surface area contributed by atoms with Gasteiger partial charge in [0.15, 0.2) is 0 Å². The molecule has 0 N–H and O–H groups in total. The highest BCUT2D eigenvalue weighted by Gasteiger charge is 2.09. The zero-order chi connectivity index (χ0) is 11.0. The second-order valence-electron chi connectivity index (χ2n) is 3.77. The van der Waals surface area contributed by atoms with Crippen LogP contribution in [0.4, 0.5) is 0 Å². The first-order chi connectivity index (χ1) is 6.56. The number of carbonyl (C=O) groups is 1. The van der Waals surface area contributed by atoms with Crippen molar-refractivity contribution in [2.24, 2.45) is 5.92 Å². The SMILES string of the molecule is C=COC(C)=O.CC(C)CC=C1CC1. The summed E-state index contributed by atoms with van der Waals surface area (Å²) in [4.78, 5) is 9.75. The first kappa shape index (κ1) is 12.9. The highest BCUT2D eigenvalue weighted by molar-refractivity contribution is 5.66. The van der Waals surface area contributed by atoms with E-state index in [0.717, 1.165) is 12.2 Å². The molecule has 0 aromatic carbocycles.